The Labute approximate surface area is 152 Å². The molecule has 0 unspecified atom stereocenters. The first kappa shape index (κ1) is 17.7. The van der Waals surface area contributed by atoms with E-state index in [0.29, 0.717) is 11.1 Å². The molecule has 1 aliphatic heterocycles. The molecule has 0 bridgehead atoms. The number of likely N-dealkylation sites (tertiary alicyclic amines) is 1. The topological polar surface area (TPSA) is 110 Å². The van der Waals surface area contributed by atoms with Crippen LogP contribution in [0.5, 0.6) is 0 Å². The van der Waals surface area contributed by atoms with Crippen molar-refractivity contribution in [3.8, 4) is 23.3 Å². The Morgan fingerprint density at radius 3 is 2.19 bits per heavy atom. The second-order valence-corrected chi connectivity index (χ2v) is 6.60. The van der Waals surface area contributed by atoms with Gasteiger partial charge in [-0.2, -0.15) is 10.5 Å². The molecule has 0 aliphatic carbocycles. The first-order chi connectivity index (χ1) is 12.6. The molecule has 1 aromatic heterocycles. The van der Waals surface area contributed by atoms with Crippen molar-refractivity contribution in [2.24, 2.45) is 0 Å². The maximum absolute atomic E-state index is 12.0. The minimum absolute atomic E-state index is 0.0138. The van der Waals surface area contributed by atoms with Crippen molar-refractivity contribution in [3.05, 3.63) is 51.3 Å². The van der Waals surface area contributed by atoms with E-state index in [-0.39, 0.29) is 16.9 Å². The van der Waals surface area contributed by atoms with Crippen molar-refractivity contribution < 1.29 is 0 Å². The number of nitrogens with zero attached hydrogens (tertiary/aromatic N) is 3. The van der Waals surface area contributed by atoms with Crippen molar-refractivity contribution in [3.63, 3.8) is 0 Å². The van der Waals surface area contributed by atoms with Crippen molar-refractivity contribution in [2.45, 2.75) is 32.2 Å². The van der Waals surface area contributed by atoms with Gasteiger partial charge in [0.25, 0.3) is 5.56 Å². The summed E-state index contributed by atoms with van der Waals surface area (Å²) in [7, 11) is 0. The molecule has 1 aliphatic rings. The first-order valence-corrected chi connectivity index (χ1v) is 8.81. The van der Waals surface area contributed by atoms with Crippen LogP contribution in [0.15, 0.2) is 29.1 Å². The Morgan fingerprint density at radius 2 is 1.62 bits per heavy atom. The molecule has 26 heavy (non-hydrogen) atoms. The lowest BCUT2D eigenvalue weighted by atomic mass is 9.96. The summed E-state index contributed by atoms with van der Waals surface area (Å²) in [4.78, 5) is 16.8. The number of nitrogen functional groups attached to an aromatic ring is 1. The third-order valence-electron chi connectivity index (χ3n) is 4.82. The maximum Gasteiger partial charge on any atom is 0.268 e. The number of hydrogen-bond acceptors (Lipinski definition) is 5. The van der Waals surface area contributed by atoms with Gasteiger partial charge in [0.15, 0.2) is 0 Å². The van der Waals surface area contributed by atoms with Gasteiger partial charge in [0.2, 0.25) is 0 Å². The summed E-state index contributed by atoms with van der Waals surface area (Å²) >= 11 is 0. The zero-order chi connectivity index (χ0) is 18.5. The minimum Gasteiger partial charge on any atom is -0.384 e. The predicted molar refractivity (Wildman–Crippen MR) is 100 cm³/mol. The number of hydrogen-bond donors (Lipinski definition) is 2. The van der Waals surface area contributed by atoms with E-state index in [4.69, 9.17) is 5.73 Å². The lowest BCUT2D eigenvalue weighted by Gasteiger charge is -2.20. The van der Waals surface area contributed by atoms with E-state index in [0.717, 1.165) is 19.6 Å². The van der Waals surface area contributed by atoms with Gasteiger partial charge in [0, 0.05) is 12.1 Å². The lowest BCUT2D eigenvalue weighted by Crippen LogP contribution is -2.23. The highest BCUT2D eigenvalue weighted by Crippen LogP contribution is 2.28. The molecule has 0 radical (unpaired) electrons. The van der Waals surface area contributed by atoms with Crippen LogP contribution in [0.2, 0.25) is 0 Å². The normalized spacial score (nSPS) is 15.0. The van der Waals surface area contributed by atoms with E-state index in [1.807, 2.05) is 36.4 Å². The number of nitrogens with one attached hydrogen (secondary N) is 1. The second kappa shape index (κ2) is 7.86. The number of nitrogens with two attached hydrogens (primary N) is 1. The van der Waals surface area contributed by atoms with E-state index in [9.17, 15) is 15.3 Å². The van der Waals surface area contributed by atoms with Crippen LogP contribution in [0.4, 0.5) is 5.82 Å². The van der Waals surface area contributed by atoms with Gasteiger partial charge in [0.1, 0.15) is 29.1 Å². The molecular weight excluding hydrogens is 326 g/mol. The van der Waals surface area contributed by atoms with Crippen LogP contribution >= 0.6 is 0 Å². The van der Waals surface area contributed by atoms with E-state index in [1.54, 1.807) is 0 Å². The van der Waals surface area contributed by atoms with Crippen LogP contribution in [0.3, 0.4) is 0 Å². The summed E-state index contributed by atoms with van der Waals surface area (Å²) in [5.41, 5.74) is 7.35. The molecule has 2 aromatic rings. The monoisotopic (exact) mass is 347 g/mol. The van der Waals surface area contributed by atoms with Crippen LogP contribution in [0, 0.1) is 22.7 Å². The smallest absolute Gasteiger partial charge is 0.268 e. The summed E-state index contributed by atoms with van der Waals surface area (Å²) in [6, 6.07) is 11.6. The van der Waals surface area contributed by atoms with Crippen molar-refractivity contribution in [1.82, 2.24) is 9.88 Å². The van der Waals surface area contributed by atoms with E-state index in [1.165, 1.54) is 31.2 Å². The summed E-state index contributed by atoms with van der Waals surface area (Å²) in [6.45, 7) is 3.11. The molecule has 0 saturated carbocycles. The van der Waals surface area contributed by atoms with Crippen LogP contribution in [-0.4, -0.2) is 23.0 Å². The zero-order valence-electron chi connectivity index (χ0n) is 14.6. The number of H-pyrrole nitrogens is 1. The number of aromatic amines is 1. The van der Waals surface area contributed by atoms with E-state index >= 15 is 0 Å². The number of pyridine rings is 1. The third kappa shape index (κ3) is 3.61. The third-order valence-corrected chi connectivity index (χ3v) is 4.82. The summed E-state index contributed by atoms with van der Waals surface area (Å²) < 4.78 is 0. The van der Waals surface area contributed by atoms with E-state index < -0.39 is 5.56 Å². The zero-order valence-corrected chi connectivity index (χ0v) is 14.6. The fraction of sp³-hybridized carbons (Fsp3) is 0.350. The Kier molecular flexibility index (Phi) is 5.36. The average molecular weight is 347 g/mol. The maximum atomic E-state index is 12.0. The molecule has 1 saturated heterocycles. The molecule has 0 atom stereocenters. The fourth-order valence-electron chi connectivity index (χ4n) is 3.46. The molecule has 6 heteroatoms. The number of nitriles is 2. The molecular formula is C20H21N5O. The molecule has 1 aromatic carbocycles. The van der Waals surface area contributed by atoms with Gasteiger partial charge in [-0.3, -0.25) is 9.69 Å². The van der Waals surface area contributed by atoms with Gasteiger partial charge in [-0.1, -0.05) is 37.1 Å². The van der Waals surface area contributed by atoms with Gasteiger partial charge in [-0.05, 0) is 37.1 Å². The van der Waals surface area contributed by atoms with Crippen LogP contribution in [0.25, 0.3) is 11.1 Å². The highest BCUT2D eigenvalue weighted by atomic mass is 16.1. The standard InChI is InChI=1S/C20H21N5O/c21-11-16-18(17(12-22)20(26)24-19(16)23)15-7-5-14(6-8-15)13-25-9-3-1-2-4-10-25/h5-8H,1-4,9-10,13H2,(H3,23,24,26). The number of aromatic nitrogens is 1. The Morgan fingerprint density at radius 1 is 1.00 bits per heavy atom. The van der Waals surface area contributed by atoms with Crippen LogP contribution < -0.4 is 11.3 Å². The Bertz CT molecular complexity index is 923. The first-order valence-electron chi connectivity index (χ1n) is 8.81. The number of rotatable bonds is 3. The molecule has 3 rings (SSSR count). The van der Waals surface area contributed by atoms with Gasteiger partial charge in [-0.15, -0.1) is 0 Å². The lowest BCUT2D eigenvalue weighted by molar-refractivity contribution is 0.277. The van der Waals surface area contributed by atoms with Crippen LogP contribution in [-0.2, 0) is 6.54 Å². The van der Waals surface area contributed by atoms with Crippen molar-refractivity contribution in [2.75, 3.05) is 18.8 Å². The molecule has 0 spiro atoms. The largest absolute Gasteiger partial charge is 0.384 e. The highest BCUT2D eigenvalue weighted by Gasteiger charge is 2.18. The molecule has 0 amide bonds. The van der Waals surface area contributed by atoms with Crippen LogP contribution in [0.1, 0.15) is 42.4 Å². The average Bonchev–Trinajstić information content (AvgIpc) is 2.90. The summed E-state index contributed by atoms with van der Waals surface area (Å²) in [6.07, 6.45) is 5.07. The molecule has 2 heterocycles. The second-order valence-electron chi connectivity index (χ2n) is 6.60. The SMILES string of the molecule is N#Cc1c(N)[nH]c(=O)c(C#N)c1-c1ccc(CN2CCCCCC2)cc1. The summed E-state index contributed by atoms with van der Waals surface area (Å²) in [5, 5.41) is 18.7. The molecule has 3 N–H and O–H groups in total. The fourth-order valence-corrected chi connectivity index (χ4v) is 3.46. The quantitative estimate of drug-likeness (QED) is 0.887. The van der Waals surface area contributed by atoms with Gasteiger partial charge in [-0.25, -0.2) is 0 Å². The molecule has 6 nitrogen and oxygen atoms in total. The van der Waals surface area contributed by atoms with Gasteiger partial charge in [0.05, 0.1) is 0 Å². The molecule has 132 valence electrons. The minimum atomic E-state index is -0.576. The van der Waals surface area contributed by atoms with Crippen molar-refractivity contribution >= 4 is 5.82 Å². The van der Waals surface area contributed by atoms with Gasteiger partial charge >= 0.3 is 0 Å². The Hall–Kier alpha value is -3.09. The van der Waals surface area contributed by atoms with Crippen molar-refractivity contribution in [1.29, 1.82) is 10.5 Å². The number of anilines is 1. The highest BCUT2D eigenvalue weighted by molar-refractivity contribution is 5.80. The van der Waals surface area contributed by atoms with E-state index in [2.05, 4.69) is 9.88 Å². The number of benzene rings is 1. The summed E-state index contributed by atoms with van der Waals surface area (Å²) in [5.74, 6) is -0.0138. The molecule has 1 fully saturated rings. The Balaban J connectivity index is 1.93. The van der Waals surface area contributed by atoms with Gasteiger partial charge < -0.3 is 10.7 Å². The predicted octanol–water partition coefficient (Wildman–Crippen LogP) is 2.74.